The third-order valence-electron chi connectivity index (χ3n) is 3.14. The molecule has 0 atom stereocenters. The molecule has 116 valence electrons. The topological polar surface area (TPSA) is 42.8 Å². The highest BCUT2D eigenvalue weighted by molar-refractivity contribution is 5.83. The minimum absolute atomic E-state index is 0.610. The molecule has 4 nitrogen and oxygen atoms in total. The highest BCUT2D eigenvalue weighted by atomic mass is 16.5. The first-order chi connectivity index (χ1) is 10.8. The van der Waals surface area contributed by atoms with Crippen LogP contribution in [0, 0.1) is 0 Å². The van der Waals surface area contributed by atoms with Crippen LogP contribution >= 0.6 is 0 Å². The third-order valence-corrected chi connectivity index (χ3v) is 3.14. The lowest BCUT2D eigenvalue weighted by Gasteiger charge is -2.08. The second-order valence-corrected chi connectivity index (χ2v) is 4.79. The summed E-state index contributed by atoms with van der Waals surface area (Å²) in [5.74, 6) is 1.71. The fraction of sp³-hybridized carbons (Fsp3) is 0.278. The van der Waals surface area contributed by atoms with Gasteiger partial charge >= 0.3 is 0 Å². The van der Waals surface area contributed by atoms with E-state index in [-0.39, 0.29) is 0 Å². The molecule has 2 rings (SSSR count). The molecule has 0 unspecified atom stereocenters. The van der Waals surface area contributed by atoms with Crippen LogP contribution in [-0.4, -0.2) is 19.9 Å². The molecule has 4 heteroatoms. The maximum absolute atomic E-state index is 5.70. The fourth-order valence-corrected chi connectivity index (χ4v) is 2.03. The van der Waals surface area contributed by atoms with E-state index in [0.29, 0.717) is 13.2 Å². The fourth-order valence-electron chi connectivity index (χ4n) is 2.03. The minimum Gasteiger partial charge on any atom is -0.496 e. The van der Waals surface area contributed by atoms with Gasteiger partial charge in [0.25, 0.3) is 0 Å². The Kier molecular flexibility index (Phi) is 6.30. The van der Waals surface area contributed by atoms with E-state index < -0.39 is 0 Å². The van der Waals surface area contributed by atoms with Crippen LogP contribution in [0.25, 0.3) is 0 Å². The Morgan fingerprint density at radius 3 is 2.55 bits per heavy atom. The number of hydrazone groups is 1. The molecule has 1 N–H and O–H groups in total. The monoisotopic (exact) mass is 298 g/mol. The molecular formula is C18H22N2O2. The summed E-state index contributed by atoms with van der Waals surface area (Å²) in [7, 11) is 1.67. The highest BCUT2D eigenvalue weighted by Crippen LogP contribution is 2.17. The normalized spacial score (nSPS) is 10.6. The number of methoxy groups -OCH3 is 1. The lowest BCUT2D eigenvalue weighted by Crippen LogP contribution is -2.07. The number of rotatable bonds is 8. The predicted octanol–water partition coefficient (Wildman–Crippen LogP) is 3.61. The SMILES string of the molecule is CCCOc1ccccc1/C=N\NCc1ccccc1OC. The summed E-state index contributed by atoms with van der Waals surface area (Å²) in [6, 6.07) is 15.8. The number of nitrogens with one attached hydrogen (secondary N) is 1. The zero-order valence-corrected chi connectivity index (χ0v) is 13.1. The first-order valence-electron chi connectivity index (χ1n) is 7.44. The zero-order chi connectivity index (χ0) is 15.6. The van der Waals surface area contributed by atoms with E-state index in [9.17, 15) is 0 Å². The molecule has 0 amide bonds. The lowest BCUT2D eigenvalue weighted by molar-refractivity contribution is 0.317. The van der Waals surface area contributed by atoms with Crippen LogP contribution in [0.3, 0.4) is 0 Å². The second kappa shape index (κ2) is 8.72. The van der Waals surface area contributed by atoms with Gasteiger partial charge < -0.3 is 14.9 Å². The first kappa shape index (κ1) is 15.9. The molecule has 0 bridgehead atoms. The van der Waals surface area contributed by atoms with Gasteiger partial charge in [0.2, 0.25) is 0 Å². The number of nitrogens with zero attached hydrogens (tertiary/aromatic N) is 1. The van der Waals surface area contributed by atoms with Crippen LogP contribution in [0.2, 0.25) is 0 Å². The molecule has 0 saturated heterocycles. The summed E-state index contributed by atoms with van der Waals surface area (Å²) < 4.78 is 11.0. The molecule has 0 aliphatic heterocycles. The number of ether oxygens (including phenoxy) is 2. The van der Waals surface area contributed by atoms with Crippen LogP contribution in [0.4, 0.5) is 0 Å². The molecule has 0 aliphatic rings. The zero-order valence-electron chi connectivity index (χ0n) is 13.1. The number of para-hydroxylation sites is 2. The standard InChI is InChI=1S/C18H22N2O2/c1-3-12-22-18-11-7-5-9-16(18)14-20-19-13-15-8-4-6-10-17(15)21-2/h4-11,14,19H,3,12-13H2,1-2H3/b20-14-. The lowest BCUT2D eigenvalue weighted by atomic mass is 10.2. The van der Waals surface area contributed by atoms with E-state index in [1.54, 1.807) is 13.3 Å². The van der Waals surface area contributed by atoms with Crippen molar-refractivity contribution < 1.29 is 9.47 Å². The summed E-state index contributed by atoms with van der Waals surface area (Å²) in [6.45, 7) is 3.41. The molecule has 2 aromatic rings. The summed E-state index contributed by atoms with van der Waals surface area (Å²) in [4.78, 5) is 0. The number of hydrogen-bond acceptors (Lipinski definition) is 4. The molecule has 0 aliphatic carbocycles. The average Bonchev–Trinajstić information content (AvgIpc) is 2.58. The second-order valence-electron chi connectivity index (χ2n) is 4.79. The molecule has 0 spiro atoms. The van der Waals surface area contributed by atoms with Crippen molar-refractivity contribution in [2.45, 2.75) is 19.9 Å². The van der Waals surface area contributed by atoms with Gasteiger partial charge in [-0.05, 0) is 24.6 Å². The smallest absolute Gasteiger partial charge is 0.128 e. The van der Waals surface area contributed by atoms with Gasteiger partial charge in [0.15, 0.2) is 0 Å². The Morgan fingerprint density at radius 2 is 1.77 bits per heavy atom. The molecule has 0 heterocycles. The quantitative estimate of drug-likeness (QED) is 0.598. The molecular weight excluding hydrogens is 276 g/mol. The van der Waals surface area contributed by atoms with E-state index in [4.69, 9.17) is 9.47 Å². The molecule has 22 heavy (non-hydrogen) atoms. The van der Waals surface area contributed by atoms with Crippen molar-refractivity contribution in [1.29, 1.82) is 0 Å². The summed E-state index contributed by atoms with van der Waals surface area (Å²) in [5, 5.41) is 4.27. The van der Waals surface area contributed by atoms with Crippen LogP contribution in [-0.2, 0) is 6.54 Å². The van der Waals surface area contributed by atoms with Crippen molar-refractivity contribution in [3.05, 3.63) is 59.7 Å². The summed E-state index contributed by atoms with van der Waals surface area (Å²) in [5.41, 5.74) is 5.07. The summed E-state index contributed by atoms with van der Waals surface area (Å²) >= 11 is 0. The molecule has 0 aromatic heterocycles. The van der Waals surface area contributed by atoms with Crippen molar-refractivity contribution in [2.24, 2.45) is 5.10 Å². The maximum Gasteiger partial charge on any atom is 0.128 e. The van der Waals surface area contributed by atoms with Crippen molar-refractivity contribution >= 4 is 6.21 Å². The van der Waals surface area contributed by atoms with Gasteiger partial charge in [0, 0.05) is 11.1 Å². The Labute approximate surface area is 131 Å². The van der Waals surface area contributed by atoms with E-state index in [0.717, 1.165) is 29.0 Å². The molecule has 0 fully saturated rings. The Bertz CT molecular complexity index is 612. The largest absolute Gasteiger partial charge is 0.496 e. The van der Waals surface area contributed by atoms with E-state index in [1.807, 2.05) is 48.5 Å². The van der Waals surface area contributed by atoms with Gasteiger partial charge in [-0.1, -0.05) is 37.3 Å². The van der Waals surface area contributed by atoms with Gasteiger partial charge in [-0.3, -0.25) is 0 Å². The highest BCUT2D eigenvalue weighted by Gasteiger charge is 2.01. The predicted molar refractivity (Wildman–Crippen MR) is 89.7 cm³/mol. The van der Waals surface area contributed by atoms with E-state index in [2.05, 4.69) is 17.5 Å². The van der Waals surface area contributed by atoms with Crippen LogP contribution < -0.4 is 14.9 Å². The Balaban J connectivity index is 1.95. The Morgan fingerprint density at radius 1 is 1.05 bits per heavy atom. The van der Waals surface area contributed by atoms with Crippen LogP contribution in [0.5, 0.6) is 11.5 Å². The summed E-state index contributed by atoms with van der Waals surface area (Å²) in [6.07, 6.45) is 2.76. The van der Waals surface area contributed by atoms with Gasteiger partial charge in [0.1, 0.15) is 11.5 Å². The van der Waals surface area contributed by atoms with Crippen molar-refractivity contribution in [3.63, 3.8) is 0 Å². The van der Waals surface area contributed by atoms with Gasteiger partial charge in [0.05, 0.1) is 26.5 Å². The van der Waals surface area contributed by atoms with Gasteiger partial charge in [-0.25, -0.2) is 0 Å². The molecule has 0 radical (unpaired) electrons. The maximum atomic E-state index is 5.70. The minimum atomic E-state index is 0.610. The van der Waals surface area contributed by atoms with Crippen LogP contribution in [0.1, 0.15) is 24.5 Å². The first-order valence-corrected chi connectivity index (χ1v) is 7.44. The molecule has 0 saturated carbocycles. The van der Waals surface area contributed by atoms with E-state index >= 15 is 0 Å². The Hall–Kier alpha value is -2.49. The van der Waals surface area contributed by atoms with Gasteiger partial charge in [-0.2, -0.15) is 5.10 Å². The molecule has 2 aromatic carbocycles. The van der Waals surface area contributed by atoms with Gasteiger partial charge in [-0.15, -0.1) is 0 Å². The van der Waals surface area contributed by atoms with E-state index in [1.165, 1.54) is 0 Å². The van der Waals surface area contributed by atoms with Crippen molar-refractivity contribution in [3.8, 4) is 11.5 Å². The van der Waals surface area contributed by atoms with Crippen molar-refractivity contribution in [1.82, 2.24) is 5.43 Å². The third kappa shape index (κ3) is 4.52. The van der Waals surface area contributed by atoms with Crippen LogP contribution in [0.15, 0.2) is 53.6 Å². The van der Waals surface area contributed by atoms with Crippen molar-refractivity contribution in [2.75, 3.05) is 13.7 Å². The number of hydrogen-bond donors (Lipinski definition) is 1. The average molecular weight is 298 g/mol. The number of benzene rings is 2.